The van der Waals surface area contributed by atoms with E-state index in [-0.39, 0.29) is 5.57 Å². The molecule has 7 heteroatoms. The highest BCUT2D eigenvalue weighted by atomic mass is 16.3. The summed E-state index contributed by atoms with van der Waals surface area (Å²) >= 11 is 0. The van der Waals surface area contributed by atoms with Crippen molar-refractivity contribution in [2.75, 3.05) is 5.32 Å². The van der Waals surface area contributed by atoms with Crippen LogP contribution in [-0.2, 0) is 4.79 Å². The van der Waals surface area contributed by atoms with Crippen LogP contribution in [0.3, 0.4) is 0 Å². The lowest BCUT2D eigenvalue weighted by molar-refractivity contribution is -0.113. The zero-order valence-corrected chi connectivity index (χ0v) is 11.1. The van der Waals surface area contributed by atoms with E-state index in [1.807, 2.05) is 0 Å². The van der Waals surface area contributed by atoms with Crippen molar-refractivity contribution in [3.05, 3.63) is 47.5 Å². The van der Waals surface area contributed by atoms with Crippen molar-refractivity contribution in [1.29, 1.82) is 0 Å². The van der Waals surface area contributed by atoms with Gasteiger partial charge in [-0.3, -0.25) is 10.6 Å². The van der Waals surface area contributed by atoms with Gasteiger partial charge in [-0.1, -0.05) is 12.1 Å². The number of aliphatic hydroxyl groups is 1. The molecule has 1 amide bonds. The summed E-state index contributed by atoms with van der Waals surface area (Å²) in [6.45, 7) is 4.59. The third-order valence-corrected chi connectivity index (χ3v) is 2.60. The topological polar surface area (TPSA) is 126 Å². The first-order valence-electron chi connectivity index (χ1n) is 5.70. The lowest BCUT2D eigenvalue weighted by Gasteiger charge is -2.09. The predicted octanol–water partition coefficient (Wildman–Crippen LogP) is 0.836. The van der Waals surface area contributed by atoms with Crippen molar-refractivity contribution in [2.45, 2.75) is 6.92 Å². The SMILES string of the molecule is C=N/C(O)=C(\C)C(=O)Nc1ccc(/C(=C/N)NN)cc1. The number of aliphatic hydroxyl groups excluding tert-OH is 1. The average molecular weight is 275 g/mol. The predicted molar refractivity (Wildman–Crippen MR) is 79.4 cm³/mol. The Kier molecular flexibility index (Phi) is 5.31. The molecule has 0 saturated heterocycles. The summed E-state index contributed by atoms with van der Waals surface area (Å²) in [6.07, 6.45) is 1.34. The maximum Gasteiger partial charge on any atom is 0.256 e. The Bertz CT molecular complexity index is 561. The van der Waals surface area contributed by atoms with Gasteiger partial charge in [0, 0.05) is 17.5 Å². The molecule has 7 nitrogen and oxygen atoms in total. The smallest absolute Gasteiger partial charge is 0.256 e. The van der Waals surface area contributed by atoms with Gasteiger partial charge in [0.05, 0.1) is 11.3 Å². The van der Waals surface area contributed by atoms with Gasteiger partial charge >= 0.3 is 0 Å². The molecule has 0 aromatic heterocycles. The average Bonchev–Trinajstić information content (AvgIpc) is 2.48. The number of aliphatic imine (C=N–C) groups is 1. The maximum absolute atomic E-state index is 11.8. The number of nitrogens with one attached hydrogen (secondary N) is 2. The molecule has 0 heterocycles. The van der Waals surface area contributed by atoms with Crippen LogP contribution in [0.2, 0.25) is 0 Å². The van der Waals surface area contributed by atoms with Crippen molar-refractivity contribution in [3.63, 3.8) is 0 Å². The number of nitrogens with zero attached hydrogens (tertiary/aromatic N) is 1. The van der Waals surface area contributed by atoms with Gasteiger partial charge in [0.25, 0.3) is 5.91 Å². The van der Waals surface area contributed by atoms with Crippen molar-refractivity contribution in [1.82, 2.24) is 5.43 Å². The largest absolute Gasteiger partial charge is 0.493 e. The first-order valence-corrected chi connectivity index (χ1v) is 5.70. The number of nitrogens with two attached hydrogens (primary N) is 2. The summed E-state index contributed by atoms with van der Waals surface area (Å²) in [5, 5.41) is 11.9. The van der Waals surface area contributed by atoms with Gasteiger partial charge in [-0.25, -0.2) is 4.99 Å². The van der Waals surface area contributed by atoms with Crippen molar-refractivity contribution < 1.29 is 9.90 Å². The fourth-order valence-corrected chi connectivity index (χ4v) is 1.41. The van der Waals surface area contributed by atoms with Gasteiger partial charge in [-0.15, -0.1) is 0 Å². The Morgan fingerprint density at radius 2 is 2.00 bits per heavy atom. The molecule has 0 aliphatic heterocycles. The van der Waals surface area contributed by atoms with Crippen LogP contribution in [0.25, 0.3) is 5.70 Å². The molecule has 0 atom stereocenters. The first-order chi connectivity index (χ1) is 9.53. The van der Waals surface area contributed by atoms with Crippen LogP contribution in [-0.4, -0.2) is 17.7 Å². The number of carbonyl (C=O) groups is 1. The Morgan fingerprint density at radius 1 is 1.40 bits per heavy atom. The molecule has 20 heavy (non-hydrogen) atoms. The fraction of sp³-hybridized carbons (Fsp3) is 0.0769. The fourth-order valence-electron chi connectivity index (χ4n) is 1.41. The molecular weight excluding hydrogens is 258 g/mol. The Balaban J connectivity index is 2.86. The molecule has 1 aromatic rings. The number of rotatable bonds is 5. The molecule has 7 N–H and O–H groups in total. The number of amides is 1. The zero-order chi connectivity index (χ0) is 15.1. The number of anilines is 1. The summed E-state index contributed by atoms with van der Waals surface area (Å²) in [5.74, 6) is 4.44. The van der Waals surface area contributed by atoms with Crippen LogP contribution in [0.1, 0.15) is 12.5 Å². The minimum atomic E-state index is -0.464. The minimum absolute atomic E-state index is 0.0789. The summed E-state index contributed by atoms with van der Waals surface area (Å²) in [4.78, 5) is 15.1. The van der Waals surface area contributed by atoms with Crippen LogP contribution >= 0.6 is 0 Å². The molecule has 0 unspecified atom stereocenters. The molecule has 0 spiro atoms. The summed E-state index contributed by atoms with van der Waals surface area (Å²) in [5.41, 5.74) is 9.83. The molecule has 0 fully saturated rings. The molecule has 106 valence electrons. The van der Waals surface area contributed by atoms with Crippen LogP contribution < -0.4 is 22.3 Å². The zero-order valence-electron chi connectivity index (χ0n) is 11.1. The lowest BCUT2D eigenvalue weighted by atomic mass is 10.1. The highest BCUT2D eigenvalue weighted by Gasteiger charge is 2.09. The van der Waals surface area contributed by atoms with E-state index in [1.165, 1.54) is 13.1 Å². The second-order valence-electron chi connectivity index (χ2n) is 3.86. The van der Waals surface area contributed by atoms with Crippen LogP contribution in [0, 0.1) is 0 Å². The summed E-state index contributed by atoms with van der Waals surface area (Å²) < 4.78 is 0. The lowest BCUT2D eigenvalue weighted by Crippen LogP contribution is -2.21. The Morgan fingerprint density at radius 3 is 2.45 bits per heavy atom. The summed E-state index contributed by atoms with van der Waals surface area (Å²) in [7, 11) is 0. The molecule has 1 rings (SSSR count). The van der Waals surface area contributed by atoms with E-state index in [9.17, 15) is 9.90 Å². The molecular formula is C13H17N5O2. The standard InChI is InChI=1S/C13H17N5O2/c1-8(12(19)16-2)13(20)17-10-5-3-9(4-6-10)11(7-14)18-15/h3-7,18-19H,2,14-15H2,1H3,(H,17,20)/b11-7-,12-8-. The maximum atomic E-state index is 11.8. The highest BCUT2D eigenvalue weighted by Crippen LogP contribution is 2.15. The quantitative estimate of drug-likeness (QED) is 0.179. The molecule has 0 aliphatic carbocycles. The van der Waals surface area contributed by atoms with Gasteiger partial charge in [0.2, 0.25) is 5.88 Å². The molecule has 0 bridgehead atoms. The first kappa shape index (κ1) is 15.3. The van der Waals surface area contributed by atoms with Crippen LogP contribution in [0.5, 0.6) is 0 Å². The highest BCUT2D eigenvalue weighted by molar-refractivity contribution is 6.03. The number of hydrogen-bond donors (Lipinski definition) is 5. The Labute approximate surface area is 116 Å². The van der Waals surface area contributed by atoms with E-state index < -0.39 is 11.8 Å². The van der Waals surface area contributed by atoms with Gasteiger partial charge in [0.1, 0.15) is 0 Å². The van der Waals surface area contributed by atoms with Crippen molar-refractivity contribution in [3.8, 4) is 0 Å². The van der Waals surface area contributed by atoms with E-state index in [2.05, 4.69) is 22.5 Å². The van der Waals surface area contributed by atoms with E-state index in [0.29, 0.717) is 11.4 Å². The van der Waals surface area contributed by atoms with E-state index in [0.717, 1.165) is 5.56 Å². The molecule has 0 saturated carbocycles. The second kappa shape index (κ2) is 6.95. The van der Waals surface area contributed by atoms with Gasteiger partial charge in [0.15, 0.2) is 0 Å². The van der Waals surface area contributed by atoms with E-state index in [1.54, 1.807) is 24.3 Å². The number of benzene rings is 1. The molecule has 1 aromatic carbocycles. The van der Waals surface area contributed by atoms with Gasteiger partial charge < -0.3 is 21.6 Å². The number of hydrazine groups is 1. The molecule has 0 aliphatic rings. The minimum Gasteiger partial charge on any atom is -0.493 e. The third kappa shape index (κ3) is 3.59. The van der Waals surface area contributed by atoms with E-state index >= 15 is 0 Å². The van der Waals surface area contributed by atoms with E-state index in [4.69, 9.17) is 11.6 Å². The molecule has 0 radical (unpaired) electrons. The third-order valence-electron chi connectivity index (χ3n) is 2.60. The normalized spacial score (nSPS) is 12.4. The Hall–Kier alpha value is -2.80. The monoisotopic (exact) mass is 275 g/mol. The van der Waals surface area contributed by atoms with Crippen molar-refractivity contribution in [2.24, 2.45) is 16.6 Å². The van der Waals surface area contributed by atoms with Gasteiger partial charge in [-0.05, 0) is 25.8 Å². The summed E-state index contributed by atoms with van der Waals surface area (Å²) in [6, 6.07) is 6.83. The number of carbonyl (C=O) groups excluding carboxylic acids is 1. The second-order valence-corrected chi connectivity index (χ2v) is 3.86. The number of hydrogen-bond acceptors (Lipinski definition) is 6. The van der Waals surface area contributed by atoms with Crippen LogP contribution in [0.4, 0.5) is 5.69 Å². The van der Waals surface area contributed by atoms with Crippen LogP contribution in [0.15, 0.2) is 46.9 Å². The van der Waals surface area contributed by atoms with Crippen molar-refractivity contribution >= 4 is 24.0 Å². The van der Waals surface area contributed by atoms with Gasteiger partial charge in [-0.2, -0.15) is 0 Å².